The molecule has 2 heterocycles. The van der Waals surface area contributed by atoms with E-state index in [0.717, 1.165) is 22.3 Å². The first-order valence-corrected chi connectivity index (χ1v) is 10.6. The summed E-state index contributed by atoms with van der Waals surface area (Å²) in [5.74, 6) is -0.573. The van der Waals surface area contributed by atoms with Gasteiger partial charge >= 0.3 is 0 Å². The van der Waals surface area contributed by atoms with E-state index in [1.165, 1.54) is 12.1 Å². The van der Waals surface area contributed by atoms with Crippen LogP contribution in [0.1, 0.15) is 16.1 Å². The maximum atomic E-state index is 13.3. The summed E-state index contributed by atoms with van der Waals surface area (Å²) in [6.45, 7) is 1.91. The van der Waals surface area contributed by atoms with Gasteiger partial charge in [-0.25, -0.2) is 14.1 Å². The summed E-state index contributed by atoms with van der Waals surface area (Å²) in [4.78, 5) is 18.0. The molecule has 2 aromatic heterocycles. The molecule has 1 amide bonds. The number of pyridine rings is 1. The van der Waals surface area contributed by atoms with Crippen molar-refractivity contribution in [2.45, 2.75) is 6.92 Å². The lowest BCUT2D eigenvalue weighted by Gasteiger charge is -2.11. The second-order valence-electron chi connectivity index (χ2n) is 7.57. The fourth-order valence-electron chi connectivity index (χ4n) is 3.77. The molecule has 33 heavy (non-hydrogen) atoms. The van der Waals surface area contributed by atoms with Gasteiger partial charge < -0.3 is 5.32 Å². The molecular formula is C26H18ClFN4O. The van der Waals surface area contributed by atoms with E-state index in [0.29, 0.717) is 27.5 Å². The number of rotatable bonds is 4. The van der Waals surface area contributed by atoms with Crippen molar-refractivity contribution in [2.75, 3.05) is 5.32 Å². The van der Waals surface area contributed by atoms with Gasteiger partial charge in [0, 0.05) is 21.7 Å². The number of halogens is 2. The molecule has 5 rings (SSSR count). The molecule has 0 fully saturated rings. The van der Waals surface area contributed by atoms with Crippen LogP contribution in [-0.4, -0.2) is 20.7 Å². The lowest BCUT2D eigenvalue weighted by molar-refractivity contribution is 0.102. The second kappa shape index (κ2) is 8.48. The fourth-order valence-corrected chi connectivity index (χ4v) is 3.96. The van der Waals surface area contributed by atoms with E-state index in [1.807, 2.05) is 31.2 Å². The number of fused-ring (bicyclic) bond motifs is 1. The van der Waals surface area contributed by atoms with Gasteiger partial charge in [0.05, 0.1) is 34.4 Å². The minimum atomic E-state index is -0.310. The molecule has 0 aliphatic rings. The molecule has 7 heteroatoms. The standard InChI is InChI=1S/C26H18ClFN4O/c1-16-23(15-29-32(16)20-11-9-18(28)10-12-20)25-14-22(21-7-2-3-8-24(21)31-25)26(33)30-19-6-4-5-17(27)13-19/h2-15H,1H3,(H,30,33). The highest BCUT2D eigenvalue weighted by Gasteiger charge is 2.17. The minimum Gasteiger partial charge on any atom is -0.322 e. The van der Waals surface area contributed by atoms with E-state index in [9.17, 15) is 9.18 Å². The van der Waals surface area contributed by atoms with Crippen molar-refractivity contribution < 1.29 is 9.18 Å². The number of nitrogens with one attached hydrogen (secondary N) is 1. The topological polar surface area (TPSA) is 59.8 Å². The van der Waals surface area contributed by atoms with Gasteiger partial charge in [-0.3, -0.25) is 4.79 Å². The van der Waals surface area contributed by atoms with Gasteiger partial charge in [0.25, 0.3) is 5.91 Å². The molecular weight excluding hydrogens is 439 g/mol. The Hall–Kier alpha value is -4.03. The van der Waals surface area contributed by atoms with Gasteiger partial charge in [-0.15, -0.1) is 0 Å². The van der Waals surface area contributed by atoms with Crippen LogP contribution < -0.4 is 5.32 Å². The zero-order valence-corrected chi connectivity index (χ0v) is 18.3. The van der Waals surface area contributed by atoms with Crippen molar-refractivity contribution in [3.8, 4) is 16.9 Å². The van der Waals surface area contributed by atoms with Crippen molar-refractivity contribution in [2.24, 2.45) is 0 Å². The van der Waals surface area contributed by atoms with E-state index in [1.54, 1.807) is 53.3 Å². The Morgan fingerprint density at radius 1 is 1.00 bits per heavy atom. The van der Waals surface area contributed by atoms with E-state index in [2.05, 4.69) is 10.4 Å². The first-order chi connectivity index (χ1) is 16.0. The number of nitrogens with zero attached hydrogens (tertiary/aromatic N) is 3. The Morgan fingerprint density at radius 2 is 1.79 bits per heavy atom. The van der Waals surface area contributed by atoms with Crippen molar-refractivity contribution in [3.63, 3.8) is 0 Å². The lowest BCUT2D eigenvalue weighted by Crippen LogP contribution is -2.13. The molecule has 5 aromatic rings. The SMILES string of the molecule is Cc1c(-c2cc(C(=O)Nc3cccc(Cl)c3)c3ccccc3n2)cnn1-c1ccc(F)cc1. The van der Waals surface area contributed by atoms with Crippen molar-refractivity contribution in [1.82, 2.24) is 14.8 Å². The smallest absolute Gasteiger partial charge is 0.256 e. The molecule has 0 saturated carbocycles. The molecule has 0 unspecified atom stereocenters. The fraction of sp³-hybridized carbons (Fsp3) is 0.0385. The highest BCUT2D eigenvalue weighted by atomic mass is 35.5. The van der Waals surface area contributed by atoms with Crippen LogP contribution in [-0.2, 0) is 0 Å². The predicted octanol–water partition coefficient (Wildman–Crippen LogP) is 6.44. The number of amides is 1. The highest BCUT2D eigenvalue weighted by Crippen LogP contribution is 2.29. The minimum absolute atomic E-state index is 0.263. The van der Waals surface area contributed by atoms with Gasteiger partial charge in [0.15, 0.2) is 0 Å². The summed E-state index contributed by atoms with van der Waals surface area (Å²) in [5.41, 5.74) is 4.75. The lowest BCUT2D eigenvalue weighted by atomic mass is 10.0. The number of para-hydroxylation sites is 1. The molecule has 0 bridgehead atoms. The zero-order chi connectivity index (χ0) is 22.9. The Morgan fingerprint density at radius 3 is 2.58 bits per heavy atom. The van der Waals surface area contributed by atoms with Gasteiger partial charge in [-0.1, -0.05) is 35.9 Å². The second-order valence-corrected chi connectivity index (χ2v) is 8.00. The number of benzene rings is 3. The molecule has 1 N–H and O–H groups in total. The van der Waals surface area contributed by atoms with E-state index >= 15 is 0 Å². The average molecular weight is 457 g/mol. The quantitative estimate of drug-likeness (QED) is 0.338. The maximum absolute atomic E-state index is 13.3. The van der Waals surface area contributed by atoms with Crippen molar-refractivity contribution in [1.29, 1.82) is 0 Å². The Balaban J connectivity index is 1.59. The maximum Gasteiger partial charge on any atom is 0.256 e. The molecule has 0 atom stereocenters. The van der Waals surface area contributed by atoms with Gasteiger partial charge in [-0.2, -0.15) is 5.10 Å². The third-order valence-electron chi connectivity index (χ3n) is 5.40. The molecule has 3 aromatic carbocycles. The monoisotopic (exact) mass is 456 g/mol. The van der Waals surface area contributed by atoms with Gasteiger partial charge in [-0.05, 0) is 61.5 Å². The third-order valence-corrected chi connectivity index (χ3v) is 5.64. The Kier molecular flexibility index (Phi) is 5.36. The average Bonchev–Trinajstić information content (AvgIpc) is 3.20. The molecule has 162 valence electrons. The van der Waals surface area contributed by atoms with Gasteiger partial charge in [0.2, 0.25) is 0 Å². The number of hydrogen-bond acceptors (Lipinski definition) is 3. The number of hydrogen-bond donors (Lipinski definition) is 1. The van der Waals surface area contributed by atoms with E-state index in [4.69, 9.17) is 16.6 Å². The molecule has 0 saturated heterocycles. The Labute approximate surface area is 194 Å². The summed E-state index contributed by atoms with van der Waals surface area (Å²) in [6, 6.07) is 22.4. The Bertz CT molecular complexity index is 1490. The van der Waals surface area contributed by atoms with Crippen molar-refractivity contribution >= 4 is 34.1 Å². The van der Waals surface area contributed by atoms with Crippen LogP contribution in [0.25, 0.3) is 27.8 Å². The summed E-state index contributed by atoms with van der Waals surface area (Å²) < 4.78 is 15.1. The van der Waals surface area contributed by atoms with Crippen LogP contribution in [0.5, 0.6) is 0 Å². The number of carbonyl (C=O) groups is 1. The largest absolute Gasteiger partial charge is 0.322 e. The van der Waals surface area contributed by atoms with E-state index < -0.39 is 0 Å². The van der Waals surface area contributed by atoms with Crippen LogP contribution in [0.15, 0.2) is 85.1 Å². The summed E-state index contributed by atoms with van der Waals surface area (Å²) in [5, 5.41) is 8.66. The number of aromatic nitrogens is 3. The van der Waals surface area contributed by atoms with Crippen molar-refractivity contribution in [3.05, 3.63) is 107 Å². The van der Waals surface area contributed by atoms with Crippen LogP contribution in [0.2, 0.25) is 5.02 Å². The normalized spacial score (nSPS) is 11.0. The molecule has 0 radical (unpaired) electrons. The van der Waals surface area contributed by atoms with E-state index in [-0.39, 0.29) is 11.7 Å². The predicted molar refractivity (Wildman–Crippen MR) is 128 cm³/mol. The summed E-state index contributed by atoms with van der Waals surface area (Å²) >= 11 is 6.06. The van der Waals surface area contributed by atoms with Crippen LogP contribution in [0.3, 0.4) is 0 Å². The first-order valence-electron chi connectivity index (χ1n) is 10.3. The molecule has 0 aliphatic heterocycles. The molecule has 0 spiro atoms. The van der Waals surface area contributed by atoms with Crippen LogP contribution in [0.4, 0.5) is 10.1 Å². The van der Waals surface area contributed by atoms with Gasteiger partial charge in [0.1, 0.15) is 5.82 Å². The summed E-state index contributed by atoms with van der Waals surface area (Å²) in [7, 11) is 0. The van der Waals surface area contributed by atoms with Crippen LogP contribution >= 0.6 is 11.6 Å². The first kappa shape index (κ1) is 20.8. The molecule has 0 aliphatic carbocycles. The molecule has 5 nitrogen and oxygen atoms in total. The highest BCUT2D eigenvalue weighted by molar-refractivity contribution is 6.31. The zero-order valence-electron chi connectivity index (χ0n) is 17.6. The van der Waals surface area contributed by atoms with Crippen LogP contribution in [0, 0.1) is 12.7 Å². The number of anilines is 1. The third kappa shape index (κ3) is 4.08. The summed E-state index contributed by atoms with van der Waals surface area (Å²) in [6.07, 6.45) is 1.70. The number of carbonyl (C=O) groups excluding carboxylic acids is 1.